The number of nitrogens with zero attached hydrogens (tertiary/aromatic N) is 7. The Bertz CT molecular complexity index is 3160. The van der Waals surface area contributed by atoms with Gasteiger partial charge in [0.15, 0.2) is 6.67 Å². The van der Waals surface area contributed by atoms with Crippen molar-refractivity contribution in [3.05, 3.63) is 191 Å². The van der Waals surface area contributed by atoms with Crippen molar-refractivity contribution >= 4 is 41.2 Å². The van der Waals surface area contributed by atoms with E-state index in [0.717, 1.165) is 56.0 Å². The van der Waals surface area contributed by atoms with Gasteiger partial charge in [-0.1, -0.05) is 68.3 Å². The van der Waals surface area contributed by atoms with Gasteiger partial charge in [-0.05, 0) is 85.6 Å². The Morgan fingerprint density at radius 1 is 0.667 bits per heavy atom. The second-order valence-electron chi connectivity index (χ2n) is 18.5. The van der Waals surface area contributed by atoms with E-state index in [1.54, 1.807) is 26.2 Å². The minimum Gasteiger partial charge on any atom is -0.490 e. The van der Waals surface area contributed by atoms with Gasteiger partial charge in [0.1, 0.15) is 32.1 Å². The number of rotatable bonds is 20. The predicted octanol–water partition coefficient (Wildman–Crippen LogP) is 9.39. The maximum absolute atomic E-state index is 14.7. The van der Waals surface area contributed by atoms with E-state index in [9.17, 15) is 60.8 Å². The van der Waals surface area contributed by atoms with Gasteiger partial charge < -0.3 is 34.4 Å². The van der Waals surface area contributed by atoms with Crippen LogP contribution in [-0.2, 0) is 36.2 Å². The van der Waals surface area contributed by atoms with Crippen LogP contribution in [0.2, 0.25) is 0 Å². The molecule has 16 nitrogen and oxygen atoms in total. The highest BCUT2D eigenvalue weighted by molar-refractivity contribution is 6.04. The van der Waals surface area contributed by atoms with E-state index in [1.807, 2.05) is 12.1 Å². The second kappa shape index (κ2) is 24.2. The summed E-state index contributed by atoms with van der Waals surface area (Å²) in [6.45, 7) is 12.4. The number of amides is 6. The smallest absolute Gasteiger partial charge is 0.416 e. The van der Waals surface area contributed by atoms with Gasteiger partial charge in [0, 0.05) is 17.0 Å². The van der Waals surface area contributed by atoms with Crippen LogP contribution in [0, 0.1) is 22.7 Å². The van der Waals surface area contributed by atoms with Crippen molar-refractivity contribution < 1.29 is 64.3 Å². The number of benzene rings is 4. The third-order valence-corrected chi connectivity index (χ3v) is 12.7. The third kappa shape index (κ3) is 13.3. The number of urea groups is 2. The minimum atomic E-state index is -4.81. The van der Waals surface area contributed by atoms with Crippen LogP contribution in [-0.4, -0.2) is 104 Å². The molecule has 2 aliphatic heterocycles. The topological polar surface area (TPSA) is 188 Å². The van der Waals surface area contributed by atoms with Crippen LogP contribution in [0.25, 0.3) is 0 Å². The molecule has 2 atom stereocenters. The fraction of sp³-hybridized carbons (Fsp3) is 0.268. The summed E-state index contributed by atoms with van der Waals surface area (Å²) >= 11 is 0. The van der Waals surface area contributed by atoms with Gasteiger partial charge in [-0.2, -0.15) is 36.9 Å². The maximum Gasteiger partial charge on any atom is 0.416 e. The molecule has 0 aliphatic carbocycles. The van der Waals surface area contributed by atoms with E-state index in [0.29, 0.717) is 5.56 Å². The van der Waals surface area contributed by atoms with Crippen LogP contribution in [0.3, 0.4) is 0 Å². The molecule has 2 aliphatic rings. The molecule has 6 rings (SSSR count). The van der Waals surface area contributed by atoms with E-state index in [4.69, 9.17) is 9.47 Å². The summed E-state index contributed by atoms with van der Waals surface area (Å²) in [5.74, 6) is -2.40. The zero-order chi connectivity index (χ0) is 57.3. The monoisotopic (exact) mass is 1080 g/mol. The lowest BCUT2D eigenvalue weighted by Gasteiger charge is -2.43. The number of alkyl halides is 6. The van der Waals surface area contributed by atoms with Crippen LogP contribution in [0.5, 0.6) is 0 Å². The molecule has 0 aromatic heterocycles. The van der Waals surface area contributed by atoms with Gasteiger partial charge in [0.2, 0.25) is 11.8 Å². The number of carbonyl (C=O) groups is 5. The lowest BCUT2D eigenvalue weighted by molar-refractivity contribution is -0.890. The van der Waals surface area contributed by atoms with Crippen molar-refractivity contribution in [2.24, 2.45) is 0 Å². The molecule has 22 heteroatoms. The highest BCUT2D eigenvalue weighted by Crippen LogP contribution is 2.44. The Labute approximate surface area is 446 Å². The fourth-order valence-corrected chi connectivity index (χ4v) is 8.82. The molecule has 0 unspecified atom stereocenters. The fourth-order valence-electron chi connectivity index (χ4n) is 8.82. The van der Waals surface area contributed by atoms with Gasteiger partial charge in [-0.25, -0.2) is 14.4 Å². The van der Waals surface area contributed by atoms with Crippen molar-refractivity contribution in [1.29, 1.82) is 10.5 Å². The molecule has 0 saturated carbocycles. The number of likely N-dealkylation sites (N-methyl/N-ethyl adjacent to an activating group) is 1. The summed E-state index contributed by atoms with van der Waals surface area (Å²) in [6, 6.07) is 19.6. The molecule has 4 aromatic carbocycles. The SMILES string of the molecule is C=CCOC(=C)C1=C(C)N(c2cccc(C(F)(F)F)c2)C(=O)N(CC(=O)NC[N+](C)(C)CCNC(=O)CN2C(=O)N(c3cccc(C(F)(F)F)c3)C(C)=C(C(=O)OCC=C)[C@H]2c2ccc(C#N)cc2)[C@@H]1c1ccc(C#N)cc1. The standard InChI is InChI=1S/C56H53F6N9O7/c1-8-26-77-37(5)48-35(3)69(44-14-10-12-42(28-44)55(57,58)59)53(75)67(50(48)40-20-16-38(30-63)17-21-40)33-47(73)66-34-71(6,7)25-24-65-46(72)32-68-51(41-22-18-39(31-64)19-23-41)49(52(74)78-27-9-2)36(4)70(54(68)76)45-15-11-13-43(29-45)56(60,61)62/h8-23,28-29,50-51H,1-2,5,24-27,32-34H2,3-4,6-7H3,(H-,65,66,72,73)/p+1/t50-,51-/m1/s1. The van der Waals surface area contributed by atoms with Crippen LogP contribution in [0.15, 0.2) is 157 Å². The van der Waals surface area contributed by atoms with E-state index < -0.39 is 78.5 Å². The summed E-state index contributed by atoms with van der Waals surface area (Å²) in [5.41, 5.74) is -1.22. The van der Waals surface area contributed by atoms with Crippen molar-refractivity contribution in [3.63, 3.8) is 0 Å². The van der Waals surface area contributed by atoms with Crippen LogP contribution < -0.4 is 20.4 Å². The molecule has 0 saturated heterocycles. The lowest BCUT2D eigenvalue weighted by Crippen LogP contribution is -2.56. The maximum atomic E-state index is 14.7. The van der Waals surface area contributed by atoms with Gasteiger partial charge in [0.25, 0.3) is 0 Å². The summed E-state index contributed by atoms with van der Waals surface area (Å²) in [6.07, 6.45) is -6.84. The molecule has 0 fully saturated rings. The number of esters is 1. The normalized spacial score (nSPS) is 16.1. The Morgan fingerprint density at radius 3 is 1.53 bits per heavy atom. The van der Waals surface area contributed by atoms with Crippen molar-refractivity contribution in [3.8, 4) is 12.1 Å². The van der Waals surface area contributed by atoms with E-state index >= 15 is 0 Å². The quantitative estimate of drug-likeness (QED) is 0.0217. The number of halogens is 6. The number of hydrogen-bond acceptors (Lipinski definition) is 9. The first-order chi connectivity index (χ1) is 36.8. The van der Waals surface area contributed by atoms with E-state index in [1.165, 1.54) is 74.5 Å². The summed E-state index contributed by atoms with van der Waals surface area (Å²) in [4.78, 5) is 75.4. The molecular weight excluding hydrogens is 1020 g/mol. The summed E-state index contributed by atoms with van der Waals surface area (Å²) < 4.78 is 95.2. The molecule has 6 amide bonds. The average molecular weight is 1080 g/mol. The highest BCUT2D eigenvalue weighted by atomic mass is 19.4. The number of hydrogen-bond donors (Lipinski definition) is 2. The van der Waals surface area contributed by atoms with Crippen LogP contribution in [0.4, 0.5) is 47.3 Å². The van der Waals surface area contributed by atoms with E-state index in [-0.39, 0.29) is 93.8 Å². The third-order valence-electron chi connectivity index (χ3n) is 12.7. The van der Waals surface area contributed by atoms with Gasteiger partial charge >= 0.3 is 30.4 Å². The van der Waals surface area contributed by atoms with Gasteiger partial charge in [-0.3, -0.25) is 19.4 Å². The summed E-state index contributed by atoms with van der Waals surface area (Å²) in [5, 5.41) is 24.6. The Hall–Kier alpha value is -9.15. The predicted molar refractivity (Wildman–Crippen MR) is 275 cm³/mol. The summed E-state index contributed by atoms with van der Waals surface area (Å²) in [7, 11) is 3.41. The second-order valence-corrected chi connectivity index (χ2v) is 18.5. The minimum absolute atomic E-state index is 0.00705. The molecule has 2 N–H and O–H groups in total. The molecule has 4 aromatic rings. The Kier molecular flexibility index (Phi) is 18.1. The van der Waals surface area contributed by atoms with Crippen molar-refractivity contribution in [2.45, 2.75) is 38.3 Å². The molecule has 78 heavy (non-hydrogen) atoms. The first-order valence-electron chi connectivity index (χ1n) is 23.9. The number of nitriles is 2. The zero-order valence-electron chi connectivity index (χ0n) is 42.9. The molecule has 406 valence electrons. The zero-order valence-corrected chi connectivity index (χ0v) is 42.9. The lowest BCUT2D eigenvalue weighted by atomic mass is 9.91. The largest absolute Gasteiger partial charge is 0.490 e. The first kappa shape index (κ1) is 58.1. The van der Waals surface area contributed by atoms with E-state index in [2.05, 4.69) is 30.4 Å². The van der Waals surface area contributed by atoms with Crippen LogP contribution in [0.1, 0.15) is 59.3 Å². The Morgan fingerprint density at radius 2 is 1.09 bits per heavy atom. The number of ether oxygens (including phenoxy) is 2. The first-order valence-corrected chi connectivity index (χ1v) is 23.9. The highest BCUT2D eigenvalue weighted by Gasteiger charge is 2.46. The number of quaternary nitrogens is 1. The average Bonchev–Trinajstić information content (AvgIpc) is 3.53. The molecular formula is C56H54F6N9O7+. The van der Waals surface area contributed by atoms with Crippen molar-refractivity contribution in [1.82, 2.24) is 20.4 Å². The van der Waals surface area contributed by atoms with Gasteiger partial charge in [0.05, 0.1) is 90.6 Å². The van der Waals surface area contributed by atoms with Crippen LogP contribution >= 0.6 is 0 Å². The van der Waals surface area contributed by atoms with Gasteiger partial charge in [-0.15, -0.1) is 0 Å². The Balaban J connectivity index is 1.24. The molecule has 0 bridgehead atoms. The number of nitrogens with one attached hydrogen (secondary N) is 2. The number of anilines is 2. The number of allylic oxidation sites excluding steroid dienone is 2. The molecule has 0 spiro atoms. The molecule has 2 heterocycles. The van der Waals surface area contributed by atoms with Crippen molar-refractivity contribution in [2.75, 3.05) is 70.0 Å². The number of carbonyl (C=O) groups excluding carboxylic acids is 5. The molecule has 0 radical (unpaired) electrons.